The van der Waals surface area contributed by atoms with Crippen molar-refractivity contribution in [2.75, 3.05) is 18.9 Å². The first-order chi connectivity index (χ1) is 10.0. The summed E-state index contributed by atoms with van der Waals surface area (Å²) < 4.78 is 30.7. The number of carboxylic acids is 1. The Morgan fingerprint density at radius 2 is 2.05 bits per heavy atom. The molecule has 0 saturated carbocycles. The summed E-state index contributed by atoms with van der Waals surface area (Å²) >= 11 is 0. The van der Waals surface area contributed by atoms with Gasteiger partial charge in [-0.1, -0.05) is 30.3 Å². The van der Waals surface area contributed by atoms with Gasteiger partial charge in [0.05, 0.1) is 19.0 Å². The first kappa shape index (κ1) is 15.9. The highest BCUT2D eigenvalue weighted by molar-refractivity contribution is 7.89. The lowest BCUT2D eigenvalue weighted by atomic mass is 10.2. The Balaban J connectivity index is 1.83. The van der Waals surface area contributed by atoms with E-state index in [9.17, 15) is 13.2 Å². The fourth-order valence-corrected chi connectivity index (χ4v) is 3.92. The van der Waals surface area contributed by atoms with Crippen molar-refractivity contribution in [1.82, 2.24) is 4.31 Å². The van der Waals surface area contributed by atoms with Crippen molar-refractivity contribution in [3.05, 3.63) is 35.9 Å². The van der Waals surface area contributed by atoms with E-state index in [1.807, 2.05) is 30.3 Å². The van der Waals surface area contributed by atoms with Crippen LogP contribution in [0.4, 0.5) is 0 Å². The van der Waals surface area contributed by atoms with Gasteiger partial charge in [0.1, 0.15) is 6.04 Å². The van der Waals surface area contributed by atoms with Crippen LogP contribution in [-0.4, -0.2) is 48.7 Å². The monoisotopic (exact) mass is 313 g/mol. The van der Waals surface area contributed by atoms with Crippen LogP contribution in [0.5, 0.6) is 0 Å². The third kappa shape index (κ3) is 4.26. The van der Waals surface area contributed by atoms with Crippen LogP contribution in [0, 0.1) is 0 Å². The number of hydrogen-bond acceptors (Lipinski definition) is 4. The van der Waals surface area contributed by atoms with E-state index in [0.29, 0.717) is 19.4 Å². The summed E-state index contributed by atoms with van der Waals surface area (Å²) in [5.41, 5.74) is 0.972. The maximum Gasteiger partial charge on any atom is 0.322 e. The van der Waals surface area contributed by atoms with E-state index in [1.54, 1.807) is 0 Å². The Bertz CT molecular complexity index is 572. The van der Waals surface area contributed by atoms with Gasteiger partial charge in [-0.25, -0.2) is 8.42 Å². The lowest BCUT2D eigenvalue weighted by Crippen LogP contribution is -2.42. The fourth-order valence-electron chi connectivity index (χ4n) is 2.37. The third-order valence-corrected chi connectivity index (χ3v) is 5.28. The number of carbonyl (C=O) groups is 1. The van der Waals surface area contributed by atoms with Gasteiger partial charge >= 0.3 is 5.97 Å². The van der Waals surface area contributed by atoms with Crippen molar-refractivity contribution in [3.63, 3.8) is 0 Å². The van der Waals surface area contributed by atoms with Gasteiger partial charge in [-0.2, -0.15) is 4.31 Å². The van der Waals surface area contributed by atoms with Crippen molar-refractivity contribution in [2.45, 2.75) is 25.5 Å². The molecular weight excluding hydrogens is 294 g/mol. The van der Waals surface area contributed by atoms with Gasteiger partial charge < -0.3 is 9.84 Å². The highest BCUT2D eigenvalue weighted by atomic mass is 32.2. The lowest BCUT2D eigenvalue weighted by Gasteiger charge is -2.20. The number of nitrogens with zero attached hydrogens (tertiary/aromatic N) is 1. The van der Waals surface area contributed by atoms with E-state index in [1.165, 1.54) is 0 Å². The number of carboxylic acid groups (broad SMARTS) is 1. The molecule has 0 spiro atoms. The van der Waals surface area contributed by atoms with Gasteiger partial charge in [0.2, 0.25) is 10.0 Å². The molecule has 0 aliphatic carbocycles. The van der Waals surface area contributed by atoms with Gasteiger partial charge in [-0.3, -0.25) is 4.79 Å². The summed E-state index contributed by atoms with van der Waals surface area (Å²) in [4.78, 5) is 11.0. The zero-order valence-electron chi connectivity index (χ0n) is 11.6. The number of benzene rings is 1. The fraction of sp³-hybridized carbons (Fsp3) is 0.500. The molecule has 1 heterocycles. The van der Waals surface area contributed by atoms with Crippen molar-refractivity contribution < 1.29 is 23.1 Å². The van der Waals surface area contributed by atoms with Gasteiger partial charge in [0, 0.05) is 6.54 Å². The Morgan fingerprint density at radius 3 is 2.71 bits per heavy atom. The number of rotatable bonds is 7. The zero-order valence-corrected chi connectivity index (χ0v) is 12.5. The number of ether oxygens (including phenoxy) is 1. The normalized spacial score (nSPS) is 19.7. The standard InChI is InChI=1S/C14H19NO5S/c16-14(17)13-7-4-8-15(13)21(18,19)10-9-20-11-12-5-2-1-3-6-12/h1-3,5-6,13H,4,7-11H2,(H,16,17)/t13-/m1/s1. The predicted molar refractivity (Wildman–Crippen MR) is 77.2 cm³/mol. The van der Waals surface area contributed by atoms with Crippen molar-refractivity contribution in [2.24, 2.45) is 0 Å². The largest absolute Gasteiger partial charge is 0.480 e. The second-order valence-electron chi connectivity index (χ2n) is 4.96. The van der Waals surface area contributed by atoms with Crippen molar-refractivity contribution in [1.29, 1.82) is 0 Å². The summed E-state index contributed by atoms with van der Waals surface area (Å²) in [5, 5.41) is 9.03. The van der Waals surface area contributed by atoms with E-state index in [2.05, 4.69) is 0 Å². The Morgan fingerprint density at radius 1 is 1.33 bits per heavy atom. The van der Waals surface area contributed by atoms with E-state index >= 15 is 0 Å². The molecule has 0 unspecified atom stereocenters. The SMILES string of the molecule is O=C(O)[C@H]1CCCN1S(=O)(=O)CCOCc1ccccc1. The van der Waals surface area contributed by atoms with Gasteiger partial charge in [-0.05, 0) is 18.4 Å². The van der Waals surface area contributed by atoms with Crippen LogP contribution in [0.1, 0.15) is 18.4 Å². The molecule has 116 valence electrons. The molecule has 1 aliphatic heterocycles. The molecule has 1 saturated heterocycles. The molecule has 1 aromatic rings. The van der Waals surface area contributed by atoms with Crippen LogP contribution in [0.2, 0.25) is 0 Å². The maximum absolute atomic E-state index is 12.1. The quantitative estimate of drug-likeness (QED) is 0.762. The molecule has 7 heteroatoms. The van der Waals surface area contributed by atoms with E-state index in [0.717, 1.165) is 9.87 Å². The Labute approximate surface area is 124 Å². The van der Waals surface area contributed by atoms with Crippen molar-refractivity contribution >= 4 is 16.0 Å². The summed E-state index contributed by atoms with van der Waals surface area (Å²) in [6.07, 6.45) is 0.959. The molecule has 0 bridgehead atoms. The first-order valence-corrected chi connectivity index (χ1v) is 8.45. The van der Waals surface area contributed by atoms with Gasteiger partial charge in [0.15, 0.2) is 0 Å². The molecule has 0 aromatic heterocycles. The summed E-state index contributed by atoms with van der Waals surface area (Å²) in [6.45, 7) is 0.677. The van der Waals surface area contributed by atoms with E-state index in [-0.39, 0.29) is 18.9 Å². The first-order valence-electron chi connectivity index (χ1n) is 6.85. The van der Waals surface area contributed by atoms with Crippen LogP contribution in [0.25, 0.3) is 0 Å². The molecule has 1 aliphatic rings. The molecule has 2 rings (SSSR count). The third-order valence-electron chi connectivity index (χ3n) is 3.44. The molecule has 21 heavy (non-hydrogen) atoms. The Kier molecular flexibility index (Phi) is 5.33. The second kappa shape index (κ2) is 7.02. The topological polar surface area (TPSA) is 83.9 Å². The van der Waals surface area contributed by atoms with Crippen LogP contribution in [0.15, 0.2) is 30.3 Å². The zero-order chi connectivity index (χ0) is 15.3. The average Bonchev–Trinajstić information content (AvgIpc) is 2.95. The molecule has 1 fully saturated rings. The van der Waals surface area contributed by atoms with Crippen LogP contribution in [0.3, 0.4) is 0 Å². The molecule has 0 amide bonds. The lowest BCUT2D eigenvalue weighted by molar-refractivity contribution is -0.140. The molecule has 1 aromatic carbocycles. The minimum atomic E-state index is -3.58. The minimum absolute atomic E-state index is 0.0556. The van der Waals surface area contributed by atoms with E-state index in [4.69, 9.17) is 9.84 Å². The summed E-state index contributed by atoms with van der Waals surface area (Å²) in [7, 11) is -3.58. The number of hydrogen-bond donors (Lipinski definition) is 1. The smallest absolute Gasteiger partial charge is 0.322 e. The highest BCUT2D eigenvalue weighted by Gasteiger charge is 2.38. The maximum atomic E-state index is 12.1. The minimum Gasteiger partial charge on any atom is -0.480 e. The van der Waals surface area contributed by atoms with Gasteiger partial charge in [0.25, 0.3) is 0 Å². The van der Waals surface area contributed by atoms with E-state index < -0.39 is 22.0 Å². The number of aliphatic carboxylic acids is 1. The van der Waals surface area contributed by atoms with Crippen LogP contribution >= 0.6 is 0 Å². The molecule has 0 radical (unpaired) electrons. The van der Waals surface area contributed by atoms with Crippen molar-refractivity contribution in [3.8, 4) is 0 Å². The summed E-state index contributed by atoms with van der Waals surface area (Å²) in [5.74, 6) is -1.27. The predicted octanol–water partition coefficient (Wildman–Crippen LogP) is 1.08. The Hall–Kier alpha value is -1.44. The molecule has 1 N–H and O–H groups in total. The highest BCUT2D eigenvalue weighted by Crippen LogP contribution is 2.21. The average molecular weight is 313 g/mol. The molecule has 1 atom stereocenters. The number of sulfonamides is 1. The van der Waals surface area contributed by atoms with Gasteiger partial charge in [-0.15, -0.1) is 0 Å². The van der Waals surface area contributed by atoms with Crippen LogP contribution in [-0.2, 0) is 26.2 Å². The summed E-state index contributed by atoms with van der Waals surface area (Å²) in [6, 6.07) is 8.54. The molecular formula is C14H19NO5S. The second-order valence-corrected chi connectivity index (χ2v) is 7.00. The van der Waals surface area contributed by atoms with Crippen LogP contribution < -0.4 is 0 Å². The molecule has 6 nitrogen and oxygen atoms in total.